The molecule has 0 saturated heterocycles. The monoisotopic (exact) mass is 264 g/mol. The van der Waals surface area contributed by atoms with Gasteiger partial charge in [0.05, 0.1) is 6.10 Å². The number of aliphatic hydroxyl groups is 1. The van der Waals surface area contributed by atoms with Crippen molar-refractivity contribution in [3.05, 3.63) is 29.3 Å². The van der Waals surface area contributed by atoms with Crippen LogP contribution in [0.5, 0.6) is 0 Å². The fraction of sp³-hybridized carbons (Fsp3) is 0.533. The molecule has 4 heteroatoms. The Morgan fingerprint density at radius 1 is 1.26 bits per heavy atom. The van der Waals surface area contributed by atoms with Crippen LogP contribution in [0.15, 0.2) is 18.2 Å². The number of aryl methyl sites for hydroxylation is 2. The van der Waals surface area contributed by atoms with E-state index in [0.717, 1.165) is 16.8 Å². The van der Waals surface area contributed by atoms with Gasteiger partial charge in [-0.05, 0) is 45.7 Å². The summed E-state index contributed by atoms with van der Waals surface area (Å²) >= 11 is 0. The summed E-state index contributed by atoms with van der Waals surface area (Å²) in [6, 6.07) is 5.77. The number of nitrogens with one attached hydrogen (secondary N) is 1. The summed E-state index contributed by atoms with van der Waals surface area (Å²) in [4.78, 5) is 13.9. The van der Waals surface area contributed by atoms with Crippen LogP contribution in [0, 0.1) is 13.8 Å². The van der Waals surface area contributed by atoms with Crippen molar-refractivity contribution in [2.75, 3.05) is 11.9 Å². The number of amides is 2. The minimum atomic E-state index is -0.536. The highest BCUT2D eigenvalue weighted by molar-refractivity contribution is 5.91. The summed E-state index contributed by atoms with van der Waals surface area (Å²) in [7, 11) is 0. The molecule has 19 heavy (non-hydrogen) atoms. The lowest BCUT2D eigenvalue weighted by atomic mass is 10.1. The molecule has 0 bridgehead atoms. The van der Waals surface area contributed by atoms with Crippen LogP contribution in [0.25, 0.3) is 0 Å². The Morgan fingerprint density at radius 2 is 1.79 bits per heavy atom. The van der Waals surface area contributed by atoms with Gasteiger partial charge >= 0.3 is 6.03 Å². The number of carbonyl (C=O) groups is 1. The standard InChI is InChI=1S/C15H24N2O2/c1-10(2)17(9-13(5)18)15(19)16-14-11(3)7-6-8-12(14)4/h6-8,10,13,18H,9H2,1-5H3,(H,16,19). The molecule has 0 aliphatic carbocycles. The van der Waals surface area contributed by atoms with Gasteiger partial charge in [-0.15, -0.1) is 0 Å². The molecule has 0 saturated carbocycles. The summed E-state index contributed by atoms with van der Waals surface area (Å²) < 4.78 is 0. The van der Waals surface area contributed by atoms with Crippen molar-refractivity contribution in [1.29, 1.82) is 0 Å². The maximum Gasteiger partial charge on any atom is 0.322 e. The van der Waals surface area contributed by atoms with Crippen molar-refractivity contribution in [2.45, 2.75) is 46.8 Å². The molecular formula is C15H24N2O2. The van der Waals surface area contributed by atoms with Gasteiger partial charge in [0.25, 0.3) is 0 Å². The average Bonchev–Trinajstić information content (AvgIpc) is 2.30. The molecule has 0 spiro atoms. The van der Waals surface area contributed by atoms with Crippen LogP contribution in [0.2, 0.25) is 0 Å². The van der Waals surface area contributed by atoms with E-state index in [1.165, 1.54) is 0 Å². The zero-order valence-corrected chi connectivity index (χ0v) is 12.4. The highest BCUT2D eigenvalue weighted by Crippen LogP contribution is 2.20. The Morgan fingerprint density at radius 3 is 2.21 bits per heavy atom. The van der Waals surface area contributed by atoms with Gasteiger partial charge in [0.2, 0.25) is 0 Å². The predicted molar refractivity (Wildman–Crippen MR) is 78.5 cm³/mol. The first-order valence-electron chi connectivity index (χ1n) is 6.64. The number of nitrogens with zero attached hydrogens (tertiary/aromatic N) is 1. The normalized spacial score (nSPS) is 12.4. The lowest BCUT2D eigenvalue weighted by Gasteiger charge is -2.28. The third-order valence-electron chi connectivity index (χ3n) is 3.06. The number of rotatable bonds is 4. The van der Waals surface area contributed by atoms with Gasteiger partial charge in [0, 0.05) is 18.3 Å². The Balaban J connectivity index is 2.87. The number of aliphatic hydroxyl groups excluding tert-OH is 1. The van der Waals surface area contributed by atoms with E-state index in [-0.39, 0.29) is 12.1 Å². The molecule has 2 amide bonds. The molecular weight excluding hydrogens is 240 g/mol. The third kappa shape index (κ3) is 4.24. The minimum Gasteiger partial charge on any atom is -0.392 e. The minimum absolute atomic E-state index is 0.0407. The lowest BCUT2D eigenvalue weighted by molar-refractivity contribution is 0.125. The van der Waals surface area contributed by atoms with E-state index >= 15 is 0 Å². The molecule has 1 aromatic rings. The summed E-state index contributed by atoms with van der Waals surface area (Å²) in [5.74, 6) is 0. The van der Waals surface area contributed by atoms with Crippen molar-refractivity contribution in [2.24, 2.45) is 0 Å². The summed E-state index contributed by atoms with van der Waals surface area (Å²) in [5, 5.41) is 12.4. The smallest absolute Gasteiger partial charge is 0.322 e. The Kier molecular flexibility index (Phi) is 5.36. The number of benzene rings is 1. The Hall–Kier alpha value is -1.55. The van der Waals surface area contributed by atoms with Crippen molar-refractivity contribution >= 4 is 11.7 Å². The van der Waals surface area contributed by atoms with Crippen molar-refractivity contribution in [1.82, 2.24) is 4.90 Å². The number of anilines is 1. The summed E-state index contributed by atoms with van der Waals surface area (Å²) in [6.07, 6.45) is -0.536. The molecule has 1 aromatic carbocycles. The van der Waals surface area contributed by atoms with Crippen LogP contribution < -0.4 is 5.32 Å². The van der Waals surface area contributed by atoms with Gasteiger partial charge in [-0.25, -0.2) is 4.79 Å². The highest BCUT2D eigenvalue weighted by Gasteiger charge is 2.19. The highest BCUT2D eigenvalue weighted by atomic mass is 16.3. The fourth-order valence-corrected chi connectivity index (χ4v) is 2.00. The molecule has 0 aliphatic heterocycles. The second-order valence-corrected chi connectivity index (χ2v) is 5.29. The quantitative estimate of drug-likeness (QED) is 0.878. The van der Waals surface area contributed by atoms with Gasteiger partial charge in [-0.2, -0.15) is 0 Å². The van der Waals surface area contributed by atoms with E-state index < -0.39 is 6.10 Å². The van der Waals surface area contributed by atoms with E-state index in [9.17, 15) is 9.90 Å². The molecule has 2 N–H and O–H groups in total. The molecule has 1 rings (SSSR count). The number of urea groups is 1. The first-order chi connectivity index (χ1) is 8.82. The first-order valence-corrected chi connectivity index (χ1v) is 6.64. The van der Waals surface area contributed by atoms with Crippen molar-refractivity contribution in [3.63, 3.8) is 0 Å². The molecule has 0 aliphatic rings. The van der Waals surface area contributed by atoms with Crippen LogP contribution in [-0.2, 0) is 0 Å². The number of para-hydroxylation sites is 1. The maximum absolute atomic E-state index is 12.3. The fourth-order valence-electron chi connectivity index (χ4n) is 2.00. The first kappa shape index (κ1) is 15.5. The Bertz CT molecular complexity index is 422. The maximum atomic E-state index is 12.3. The van der Waals surface area contributed by atoms with E-state index in [1.807, 2.05) is 45.9 Å². The molecule has 0 aromatic heterocycles. The largest absolute Gasteiger partial charge is 0.392 e. The second kappa shape index (κ2) is 6.57. The molecule has 4 nitrogen and oxygen atoms in total. The summed E-state index contributed by atoms with van der Waals surface area (Å²) in [6.45, 7) is 9.82. The van der Waals surface area contributed by atoms with Crippen LogP contribution in [-0.4, -0.2) is 34.7 Å². The third-order valence-corrected chi connectivity index (χ3v) is 3.06. The average molecular weight is 264 g/mol. The zero-order valence-electron chi connectivity index (χ0n) is 12.4. The molecule has 1 atom stereocenters. The Labute approximate surface area is 115 Å². The van der Waals surface area contributed by atoms with Crippen molar-refractivity contribution in [3.8, 4) is 0 Å². The van der Waals surface area contributed by atoms with Crippen LogP contribution in [0.1, 0.15) is 31.9 Å². The lowest BCUT2D eigenvalue weighted by Crippen LogP contribution is -2.44. The number of carbonyl (C=O) groups excluding carboxylic acids is 1. The number of hydrogen-bond donors (Lipinski definition) is 2. The van der Waals surface area contributed by atoms with Gasteiger partial charge in [0.15, 0.2) is 0 Å². The van der Waals surface area contributed by atoms with Crippen LogP contribution in [0.3, 0.4) is 0 Å². The second-order valence-electron chi connectivity index (χ2n) is 5.29. The van der Waals surface area contributed by atoms with E-state index in [1.54, 1.807) is 11.8 Å². The molecule has 0 fully saturated rings. The van der Waals surface area contributed by atoms with Crippen molar-refractivity contribution < 1.29 is 9.90 Å². The summed E-state index contributed by atoms with van der Waals surface area (Å²) in [5.41, 5.74) is 2.92. The van der Waals surface area contributed by atoms with E-state index in [4.69, 9.17) is 0 Å². The molecule has 106 valence electrons. The van der Waals surface area contributed by atoms with Crippen LogP contribution >= 0.6 is 0 Å². The zero-order chi connectivity index (χ0) is 14.6. The number of hydrogen-bond acceptors (Lipinski definition) is 2. The molecule has 1 unspecified atom stereocenters. The van der Waals surface area contributed by atoms with Crippen LogP contribution in [0.4, 0.5) is 10.5 Å². The SMILES string of the molecule is Cc1cccc(C)c1NC(=O)N(CC(C)O)C(C)C. The van der Waals surface area contributed by atoms with E-state index in [0.29, 0.717) is 6.54 Å². The van der Waals surface area contributed by atoms with Gasteiger partial charge in [0.1, 0.15) is 0 Å². The topological polar surface area (TPSA) is 52.6 Å². The van der Waals surface area contributed by atoms with Gasteiger partial charge in [-0.3, -0.25) is 0 Å². The van der Waals surface area contributed by atoms with E-state index in [2.05, 4.69) is 5.32 Å². The van der Waals surface area contributed by atoms with Gasteiger partial charge < -0.3 is 15.3 Å². The van der Waals surface area contributed by atoms with Gasteiger partial charge in [-0.1, -0.05) is 18.2 Å². The molecule has 0 radical (unpaired) electrons. The molecule has 0 heterocycles. The predicted octanol–water partition coefficient (Wildman–Crippen LogP) is 2.93.